The van der Waals surface area contributed by atoms with Crippen molar-refractivity contribution >= 4 is 0 Å². The first-order chi connectivity index (χ1) is 7.91. The molecule has 0 aromatic rings. The molecule has 0 fully saturated rings. The smallest absolute Gasteiger partial charge is 0.0443 e. The van der Waals surface area contributed by atoms with E-state index in [1.54, 1.807) is 0 Å². The summed E-state index contributed by atoms with van der Waals surface area (Å²) in [6.07, 6.45) is 13.4. The number of aliphatic hydroxyl groups is 1. The second-order valence-electron chi connectivity index (χ2n) is 4.66. The van der Waals surface area contributed by atoms with Gasteiger partial charge in [0.15, 0.2) is 0 Å². The van der Waals surface area contributed by atoms with E-state index in [0.717, 1.165) is 19.5 Å². The summed E-state index contributed by atoms with van der Waals surface area (Å²) < 4.78 is 0. The van der Waals surface area contributed by atoms with E-state index in [9.17, 15) is 0 Å². The van der Waals surface area contributed by atoms with Gasteiger partial charge in [-0.1, -0.05) is 58.3 Å². The highest BCUT2D eigenvalue weighted by atomic mass is 16.3. The lowest BCUT2D eigenvalue weighted by molar-refractivity contribution is 0.286. The standard InChI is InChI=1S/C14H31NO/c1-2-3-4-5-6-7-8-9-10-12-15-13-11-14-16/h15-16H,2-14H2,1H3. The van der Waals surface area contributed by atoms with Gasteiger partial charge in [0, 0.05) is 6.61 Å². The molecule has 98 valence electrons. The van der Waals surface area contributed by atoms with Crippen molar-refractivity contribution in [3.05, 3.63) is 0 Å². The molecule has 0 heterocycles. The maximum atomic E-state index is 8.59. The van der Waals surface area contributed by atoms with Gasteiger partial charge in [-0.3, -0.25) is 0 Å². The van der Waals surface area contributed by atoms with Crippen molar-refractivity contribution in [3.8, 4) is 0 Å². The molecule has 0 atom stereocenters. The first-order valence-electron chi connectivity index (χ1n) is 7.23. The predicted molar refractivity (Wildman–Crippen MR) is 71.8 cm³/mol. The van der Waals surface area contributed by atoms with Crippen molar-refractivity contribution in [2.45, 2.75) is 71.1 Å². The van der Waals surface area contributed by atoms with E-state index < -0.39 is 0 Å². The SMILES string of the molecule is CCCCCCCCCCCNCCCO. The first-order valence-corrected chi connectivity index (χ1v) is 7.23. The molecular formula is C14H31NO. The summed E-state index contributed by atoms with van der Waals surface area (Å²) >= 11 is 0. The molecular weight excluding hydrogens is 198 g/mol. The van der Waals surface area contributed by atoms with Crippen LogP contribution in [0, 0.1) is 0 Å². The molecule has 0 aromatic carbocycles. The van der Waals surface area contributed by atoms with E-state index in [1.807, 2.05) is 0 Å². The highest BCUT2D eigenvalue weighted by Gasteiger charge is 1.92. The van der Waals surface area contributed by atoms with Crippen molar-refractivity contribution in [3.63, 3.8) is 0 Å². The summed E-state index contributed by atoms with van der Waals surface area (Å²) in [7, 11) is 0. The highest BCUT2D eigenvalue weighted by molar-refractivity contribution is 4.50. The van der Waals surface area contributed by atoms with Crippen molar-refractivity contribution in [1.82, 2.24) is 5.32 Å². The Morgan fingerprint density at radius 2 is 1.19 bits per heavy atom. The number of rotatable bonds is 13. The molecule has 2 heteroatoms. The molecule has 0 saturated carbocycles. The molecule has 0 rings (SSSR count). The van der Waals surface area contributed by atoms with E-state index >= 15 is 0 Å². The fraction of sp³-hybridized carbons (Fsp3) is 1.00. The minimum atomic E-state index is 0.310. The summed E-state index contributed by atoms with van der Waals surface area (Å²) in [5.41, 5.74) is 0. The summed E-state index contributed by atoms with van der Waals surface area (Å²) in [6.45, 7) is 4.66. The molecule has 2 N–H and O–H groups in total. The van der Waals surface area contributed by atoms with Gasteiger partial charge >= 0.3 is 0 Å². The molecule has 0 radical (unpaired) electrons. The third kappa shape index (κ3) is 13.9. The van der Waals surface area contributed by atoms with Gasteiger partial charge in [-0.05, 0) is 25.9 Å². The molecule has 0 saturated heterocycles. The summed E-state index contributed by atoms with van der Waals surface area (Å²) in [5, 5.41) is 11.9. The van der Waals surface area contributed by atoms with Gasteiger partial charge in [0.1, 0.15) is 0 Å². The average molecular weight is 229 g/mol. The number of aliphatic hydroxyl groups excluding tert-OH is 1. The van der Waals surface area contributed by atoms with E-state index in [-0.39, 0.29) is 0 Å². The number of nitrogens with one attached hydrogen (secondary N) is 1. The van der Waals surface area contributed by atoms with Crippen LogP contribution in [-0.2, 0) is 0 Å². The molecule has 16 heavy (non-hydrogen) atoms. The molecule has 0 aliphatic heterocycles. The van der Waals surface area contributed by atoms with Crippen molar-refractivity contribution in [1.29, 1.82) is 0 Å². The normalized spacial score (nSPS) is 10.9. The zero-order chi connectivity index (χ0) is 11.9. The summed E-state index contributed by atoms with van der Waals surface area (Å²) in [5.74, 6) is 0. The molecule has 0 aromatic heterocycles. The van der Waals surface area contributed by atoms with Crippen LogP contribution in [0.2, 0.25) is 0 Å². The summed E-state index contributed by atoms with van der Waals surface area (Å²) in [6, 6.07) is 0. The lowest BCUT2D eigenvalue weighted by Gasteiger charge is -2.03. The fourth-order valence-electron chi connectivity index (χ4n) is 1.89. The largest absolute Gasteiger partial charge is 0.396 e. The van der Waals surface area contributed by atoms with Gasteiger partial charge in [0.05, 0.1) is 0 Å². The molecule has 0 amide bonds. The van der Waals surface area contributed by atoms with E-state index in [2.05, 4.69) is 12.2 Å². The van der Waals surface area contributed by atoms with E-state index in [1.165, 1.54) is 57.8 Å². The van der Waals surface area contributed by atoms with Crippen molar-refractivity contribution < 1.29 is 5.11 Å². The Morgan fingerprint density at radius 1 is 0.688 bits per heavy atom. The minimum absolute atomic E-state index is 0.310. The van der Waals surface area contributed by atoms with Gasteiger partial charge in [-0.25, -0.2) is 0 Å². The Balaban J connectivity index is 2.83. The monoisotopic (exact) mass is 229 g/mol. The van der Waals surface area contributed by atoms with Gasteiger partial charge in [0.2, 0.25) is 0 Å². The second-order valence-corrected chi connectivity index (χ2v) is 4.66. The lowest BCUT2D eigenvalue weighted by Crippen LogP contribution is -2.17. The number of hydrogen-bond acceptors (Lipinski definition) is 2. The topological polar surface area (TPSA) is 32.3 Å². The van der Waals surface area contributed by atoms with E-state index in [0.29, 0.717) is 6.61 Å². The van der Waals surface area contributed by atoms with Crippen LogP contribution < -0.4 is 5.32 Å². The van der Waals surface area contributed by atoms with Gasteiger partial charge < -0.3 is 10.4 Å². The average Bonchev–Trinajstić information content (AvgIpc) is 2.31. The van der Waals surface area contributed by atoms with Gasteiger partial charge in [0.25, 0.3) is 0 Å². The Labute approximate surface area is 102 Å². The fourth-order valence-corrected chi connectivity index (χ4v) is 1.89. The van der Waals surface area contributed by atoms with Gasteiger partial charge in [-0.2, -0.15) is 0 Å². The van der Waals surface area contributed by atoms with E-state index in [4.69, 9.17) is 5.11 Å². The first kappa shape index (κ1) is 15.9. The second kappa shape index (κ2) is 14.9. The maximum absolute atomic E-state index is 8.59. The van der Waals surface area contributed by atoms with Crippen LogP contribution in [0.1, 0.15) is 71.1 Å². The quantitative estimate of drug-likeness (QED) is 0.474. The molecule has 0 unspecified atom stereocenters. The van der Waals surface area contributed by atoms with Crippen LogP contribution in [0.25, 0.3) is 0 Å². The predicted octanol–water partition coefficient (Wildman–Crippen LogP) is 3.49. The Bertz CT molecular complexity index is 103. The summed E-state index contributed by atoms with van der Waals surface area (Å²) in [4.78, 5) is 0. The molecule has 0 aliphatic carbocycles. The third-order valence-electron chi connectivity index (χ3n) is 2.97. The van der Waals surface area contributed by atoms with Crippen LogP contribution in [0.4, 0.5) is 0 Å². The number of unbranched alkanes of at least 4 members (excludes halogenated alkanes) is 8. The van der Waals surface area contributed by atoms with Crippen LogP contribution in [0.3, 0.4) is 0 Å². The molecule has 0 spiro atoms. The van der Waals surface area contributed by atoms with Crippen LogP contribution >= 0.6 is 0 Å². The zero-order valence-electron chi connectivity index (χ0n) is 11.1. The Morgan fingerprint density at radius 3 is 1.75 bits per heavy atom. The van der Waals surface area contributed by atoms with Gasteiger partial charge in [-0.15, -0.1) is 0 Å². The molecule has 0 bridgehead atoms. The molecule has 0 aliphatic rings. The van der Waals surface area contributed by atoms with Crippen molar-refractivity contribution in [2.75, 3.05) is 19.7 Å². The Kier molecular flexibility index (Phi) is 14.8. The highest BCUT2D eigenvalue weighted by Crippen LogP contribution is 2.09. The number of hydrogen-bond donors (Lipinski definition) is 2. The minimum Gasteiger partial charge on any atom is -0.396 e. The van der Waals surface area contributed by atoms with Crippen LogP contribution in [0.5, 0.6) is 0 Å². The zero-order valence-corrected chi connectivity index (χ0v) is 11.1. The lowest BCUT2D eigenvalue weighted by atomic mass is 10.1. The van der Waals surface area contributed by atoms with Crippen LogP contribution in [-0.4, -0.2) is 24.8 Å². The molecule has 2 nitrogen and oxygen atoms in total. The third-order valence-corrected chi connectivity index (χ3v) is 2.97. The maximum Gasteiger partial charge on any atom is 0.0443 e. The van der Waals surface area contributed by atoms with Crippen molar-refractivity contribution in [2.24, 2.45) is 0 Å². The van der Waals surface area contributed by atoms with Crippen LogP contribution in [0.15, 0.2) is 0 Å². The Hall–Kier alpha value is -0.0800.